The third-order valence-electron chi connectivity index (χ3n) is 3.15. The van der Waals surface area contributed by atoms with Gasteiger partial charge in [0.05, 0.1) is 0 Å². The third-order valence-corrected chi connectivity index (χ3v) is 3.15. The Morgan fingerprint density at radius 1 is 0.864 bits per heavy atom. The number of hydrogen-bond donors (Lipinski definition) is 0. The maximum Gasteiger partial charge on any atom is 0.0461 e. The number of anilines is 2. The quantitative estimate of drug-likeness (QED) is 0.586. The molecule has 0 radical (unpaired) electrons. The zero-order chi connectivity index (χ0) is 15.6. The third kappa shape index (κ3) is 4.10. The second-order valence-electron chi connectivity index (χ2n) is 4.72. The molecule has 0 aliphatic heterocycles. The molecule has 2 aromatic rings. The van der Waals surface area contributed by atoms with Crippen molar-refractivity contribution in [1.29, 1.82) is 0 Å². The van der Waals surface area contributed by atoms with E-state index in [1.165, 1.54) is 0 Å². The maximum absolute atomic E-state index is 3.77. The van der Waals surface area contributed by atoms with Crippen molar-refractivity contribution in [2.75, 3.05) is 4.90 Å². The lowest BCUT2D eigenvalue weighted by atomic mass is 10.2. The van der Waals surface area contributed by atoms with Crippen LogP contribution >= 0.6 is 0 Å². The molecule has 0 unspecified atom stereocenters. The van der Waals surface area contributed by atoms with E-state index >= 15 is 0 Å². The minimum absolute atomic E-state index is 1.08. The Morgan fingerprint density at radius 3 is 1.86 bits per heavy atom. The summed E-state index contributed by atoms with van der Waals surface area (Å²) in [6.45, 7) is 5.78. The van der Waals surface area contributed by atoms with Crippen molar-refractivity contribution in [1.82, 2.24) is 0 Å². The first-order valence-corrected chi connectivity index (χ1v) is 7.39. The van der Waals surface area contributed by atoms with Crippen LogP contribution in [0.25, 0.3) is 0 Å². The van der Waals surface area contributed by atoms with E-state index < -0.39 is 0 Å². The summed E-state index contributed by atoms with van der Waals surface area (Å²) in [5.74, 6) is 0. The zero-order valence-electron chi connectivity index (χ0n) is 12.9. The summed E-state index contributed by atoms with van der Waals surface area (Å²) in [6.07, 6.45) is 12.0. The standard InChI is InChI=1S/C21H21N/c1-3-5-13-19(14-6-4-2)22(20-15-9-7-10-16-20)21-17-11-8-12-18-21/h3-18H,1H2,2H3/b6-4+,13-5+,19-14-. The maximum atomic E-state index is 3.77. The first-order valence-electron chi connectivity index (χ1n) is 7.39. The molecule has 110 valence electrons. The second kappa shape index (κ2) is 8.48. The number of hydrogen-bond acceptors (Lipinski definition) is 1. The molecule has 0 fully saturated rings. The highest BCUT2D eigenvalue weighted by atomic mass is 15.1. The molecule has 0 saturated heterocycles. The predicted molar refractivity (Wildman–Crippen MR) is 97.3 cm³/mol. The van der Waals surface area contributed by atoms with Crippen LogP contribution in [0, 0.1) is 0 Å². The summed E-state index contributed by atoms with van der Waals surface area (Å²) in [5.41, 5.74) is 3.33. The van der Waals surface area contributed by atoms with Gasteiger partial charge in [-0.25, -0.2) is 0 Å². The molecule has 1 heteroatoms. The minimum Gasteiger partial charge on any atom is -0.311 e. The van der Waals surface area contributed by atoms with E-state index in [0.717, 1.165) is 17.1 Å². The number of benzene rings is 2. The molecule has 1 nitrogen and oxygen atoms in total. The van der Waals surface area contributed by atoms with Crippen LogP contribution in [0.4, 0.5) is 11.4 Å². The van der Waals surface area contributed by atoms with Gasteiger partial charge in [0.25, 0.3) is 0 Å². The Hall–Kier alpha value is -2.80. The molecule has 0 bridgehead atoms. The molecule has 0 atom stereocenters. The second-order valence-corrected chi connectivity index (χ2v) is 4.72. The normalized spacial score (nSPS) is 12.0. The smallest absolute Gasteiger partial charge is 0.0461 e. The van der Waals surface area contributed by atoms with E-state index in [1.807, 2.05) is 37.3 Å². The predicted octanol–water partition coefficient (Wildman–Crippen LogP) is 6.03. The van der Waals surface area contributed by atoms with Gasteiger partial charge < -0.3 is 4.90 Å². The Balaban J connectivity index is 2.55. The molecule has 0 spiro atoms. The highest BCUT2D eigenvalue weighted by Gasteiger charge is 2.11. The first kappa shape index (κ1) is 15.6. The van der Waals surface area contributed by atoms with Crippen molar-refractivity contribution in [3.05, 3.63) is 109 Å². The molecule has 0 amide bonds. The van der Waals surface area contributed by atoms with Crippen molar-refractivity contribution in [2.45, 2.75) is 6.92 Å². The fourth-order valence-electron chi connectivity index (χ4n) is 2.17. The highest BCUT2D eigenvalue weighted by molar-refractivity contribution is 5.70. The van der Waals surface area contributed by atoms with E-state index in [-0.39, 0.29) is 0 Å². The molecule has 22 heavy (non-hydrogen) atoms. The molecule has 0 N–H and O–H groups in total. The van der Waals surface area contributed by atoms with Crippen LogP contribution in [0.5, 0.6) is 0 Å². The van der Waals surface area contributed by atoms with Crippen LogP contribution < -0.4 is 4.90 Å². The lowest BCUT2D eigenvalue weighted by molar-refractivity contribution is 1.21. The fourth-order valence-corrected chi connectivity index (χ4v) is 2.17. The van der Waals surface area contributed by atoms with Crippen molar-refractivity contribution in [3.63, 3.8) is 0 Å². The Bertz CT molecular complexity index is 624. The first-order chi connectivity index (χ1) is 10.9. The summed E-state index contributed by atoms with van der Waals surface area (Å²) in [5, 5.41) is 0. The van der Waals surface area contributed by atoms with Crippen LogP contribution in [0.2, 0.25) is 0 Å². The summed E-state index contributed by atoms with van der Waals surface area (Å²) < 4.78 is 0. The van der Waals surface area contributed by atoms with Gasteiger partial charge in [0.15, 0.2) is 0 Å². The fraction of sp³-hybridized carbons (Fsp3) is 0.0476. The SMILES string of the molecule is C=C/C=C/C(=C/C=C/C)N(c1ccccc1)c1ccccc1. The van der Waals surface area contributed by atoms with Gasteiger partial charge in [0.1, 0.15) is 0 Å². The van der Waals surface area contributed by atoms with Crippen LogP contribution in [0.15, 0.2) is 109 Å². The van der Waals surface area contributed by atoms with Gasteiger partial charge in [-0.05, 0) is 43.3 Å². The van der Waals surface area contributed by atoms with Gasteiger partial charge >= 0.3 is 0 Å². The largest absolute Gasteiger partial charge is 0.311 e. The van der Waals surface area contributed by atoms with Gasteiger partial charge in [-0.2, -0.15) is 0 Å². The van der Waals surface area contributed by atoms with E-state index in [2.05, 4.69) is 72.2 Å². The topological polar surface area (TPSA) is 3.24 Å². The van der Waals surface area contributed by atoms with E-state index in [0.29, 0.717) is 0 Å². The van der Waals surface area contributed by atoms with Gasteiger partial charge in [0, 0.05) is 17.1 Å². The van der Waals surface area contributed by atoms with Crippen molar-refractivity contribution in [3.8, 4) is 0 Å². The molecule has 0 aliphatic rings. The van der Waals surface area contributed by atoms with Gasteiger partial charge in [-0.15, -0.1) is 0 Å². The van der Waals surface area contributed by atoms with Crippen molar-refractivity contribution < 1.29 is 0 Å². The van der Waals surface area contributed by atoms with Crippen LogP contribution in [-0.2, 0) is 0 Å². The average Bonchev–Trinajstić information content (AvgIpc) is 2.59. The summed E-state index contributed by atoms with van der Waals surface area (Å²) >= 11 is 0. The van der Waals surface area contributed by atoms with Gasteiger partial charge in [0.2, 0.25) is 0 Å². The highest BCUT2D eigenvalue weighted by Crippen LogP contribution is 2.30. The van der Waals surface area contributed by atoms with Crippen molar-refractivity contribution >= 4 is 11.4 Å². The average molecular weight is 287 g/mol. The van der Waals surface area contributed by atoms with E-state index in [9.17, 15) is 0 Å². The number of allylic oxidation sites excluding steroid dienone is 6. The monoisotopic (exact) mass is 287 g/mol. The summed E-state index contributed by atoms with van der Waals surface area (Å²) in [4.78, 5) is 2.22. The molecule has 2 aromatic carbocycles. The Kier molecular flexibility index (Phi) is 6.01. The van der Waals surface area contributed by atoms with Crippen LogP contribution in [0.3, 0.4) is 0 Å². The van der Waals surface area contributed by atoms with Gasteiger partial charge in [-0.3, -0.25) is 0 Å². The Morgan fingerprint density at radius 2 is 1.41 bits per heavy atom. The summed E-state index contributed by atoms with van der Waals surface area (Å²) in [6, 6.07) is 20.7. The lowest BCUT2D eigenvalue weighted by Crippen LogP contribution is -2.14. The zero-order valence-corrected chi connectivity index (χ0v) is 12.9. The molecule has 2 rings (SSSR count). The van der Waals surface area contributed by atoms with Crippen molar-refractivity contribution in [2.24, 2.45) is 0 Å². The number of nitrogens with zero attached hydrogens (tertiary/aromatic N) is 1. The molecule has 0 aliphatic carbocycles. The minimum atomic E-state index is 1.08. The van der Waals surface area contributed by atoms with E-state index in [4.69, 9.17) is 0 Å². The molecular weight excluding hydrogens is 266 g/mol. The van der Waals surface area contributed by atoms with Gasteiger partial charge in [-0.1, -0.05) is 67.3 Å². The molecule has 0 saturated carbocycles. The summed E-state index contributed by atoms with van der Waals surface area (Å²) in [7, 11) is 0. The number of rotatable bonds is 6. The number of para-hydroxylation sites is 2. The molecule has 0 heterocycles. The van der Waals surface area contributed by atoms with Crippen LogP contribution in [-0.4, -0.2) is 0 Å². The Labute approximate surface area is 133 Å². The van der Waals surface area contributed by atoms with Crippen LogP contribution in [0.1, 0.15) is 6.92 Å². The molecular formula is C21H21N. The lowest BCUT2D eigenvalue weighted by Gasteiger charge is -2.26. The molecule has 0 aromatic heterocycles. The van der Waals surface area contributed by atoms with E-state index in [1.54, 1.807) is 6.08 Å².